The number of fused-ring (bicyclic) bond motifs is 1. The number of carbonyl (C=O) groups excluding carboxylic acids is 2. The van der Waals surface area contributed by atoms with E-state index in [-0.39, 0.29) is 12.0 Å². The molecule has 1 unspecified atom stereocenters. The van der Waals surface area contributed by atoms with Gasteiger partial charge in [0.15, 0.2) is 0 Å². The summed E-state index contributed by atoms with van der Waals surface area (Å²) in [5, 5.41) is 0.899. The maximum atomic E-state index is 12.9. The number of likely N-dealkylation sites (tertiary alicyclic amines) is 1. The molecule has 1 aromatic carbocycles. The number of rotatable bonds is 3. The molecule has 2 aromatic heterocycles. The molecular formula is C25H30N4O4. The zero-order valence-corrected chi connectivity index (χ0v) is 20.0. The highest BCUT2D eigenvalue weighted by Gasteiger charge is 2.27. The Labute approximate surface area is 193 Å². The quantitative estimate of drug-likeness (QED) is 0.584. The van der Waals surface area contributed by atoms with E-state index in [0.717, 1.165) is 28.5 Å². The van der Waals surface area contributed by atoms with Crippen molar-refractivity contribution in [3.05, 3.63) is 41.9 Å². The first kappa shape index (κ1) is 22.8. The van der Waals surface area contributed by atoms with Crippen LogP contribution in [0.4, 0.5) is 4.79 Å². The van der Waals surface area contributed by atoms with Crippen LogP contribution in [0.5, 0.6) is 5.88 Å². The van der Waals surface area contributed by atoms with Crippen LogP contribution in [0.3, 0.4) is 0 Å². The lowest BCUT2D eigenvalue weighted by Crippen LogP contribution is -2.29. The molecular weight excluding hydrogens is 420 g/mol. The number of hydrogen-bond acceptors (Lipinski definition) is 6. The van der Waals surface area contributed by atoms with Gasteiger partial charge in [-0.05, 0) is 40.2 Å². The van der Waals surface area contributed by atoms with Crippen molar-refractivity contribution in [2.45, 2.75) is 59.7 Å². The van der Waals surface area contributed by atoms with Gasteiger partial charge in [0.25, 0.3) is 0 Å². The molecule has 8 heteroatoms. The third-order valence-corrected chi connectivity index (χ3v) is 5.66. The van der Waals surface area contributed by atoms with Gasteiger partial charge in [-0.15, -0.1) is 0 Å². The summed E-state index contributed by atoms with van der Waals surface area (Å²) in [6.45, 7) is 12.2. The Balaban J connectivity index is 1.67. The Bertz CT molecular complexity index is 1230. The minimum atomic E-state index is -0.607. The smallest absolute Gasteiger partial charge is 0.419 e. The molecule has 3 aromatic rings. The Morgan fingerprint density at radius 2 is 1.94 bits per heavy atom. The van der Waals surface area contributed by atoms with Gasteiger partial charge in [-0.2, -0.15) is 0 Å². The van der Waals surface area contributed by atoms with Gasteiger partial charge in [-0.3, -0.25) is 9.36 Å². The average Bonchev–Trinajstić information content (AvgIpc) is 3.34. The lowest BCUT2D eigenvalue weighted by atomic mass is 10.1. The van der Waals surface area contributed by atoms with Gasteiger partial charge < -0.3 is 14.4 Å². The van der Waals surface area contributed by atoms with E-state index in [1.807, 2.05) is 52.8 Å². The van der Waals surface area contributed by atoms with Crippen molar-refractivity contribution in [2.24, 2.45) is 0 Å². The third-order valence-electron chi connectivity index (χ3n) is 5.66. The number of ether oxygens (including phenoxy) is 2. The summed E-state index contributed by atoms with van der Waals surface area (Å²) in [7, 11) is 0. The van der Waals surface area contributed by atoms with Crippen molar-refractivity contribution >= 4 is 22.9 Å². The molecule has 3 heterocycles. The topological polar surface area (TPSA) is 86.6 Å². The van der Waals surface area contributed by atoms with Gasteiger partial charge >= 0.3 is 6.09 Å². The molecule has 1 aliphatic heterocycles. The molecule has 0 radical (unpaired) electrons. The van der Waals surface area contributed by atoms with Crippen LogP contribution in [0.25, 0.3) is 22.2 Å². The van der Waals surface area contributed by atoms with Crippen LogP contribution >= 0.6 is 0 Å². The summed E-state index contributed by atoms with van der Waals surface area (Å²) in [5.41, 5.74) is 3.24. The fourth-order valence-electron chi connectivity index (χ4n) is 4.10. The summed E-state index contributed by atoms with van der Waals surface area (Å²) in [6.07, 6.45) is 3.66. The number of carbonyl (C=O) groups is 2. The zero-order valence-electron chi connectivity index (χ0n) is 20.0. The van der Waals surface area contributed by atoms with Crippen molar-refractivity contribution in [3.8, 4) is 17.1 Å². The van der Waals surface area contributed by atoms with Crippen LogP contribution in [0.2, 0.25) is 0 Å². The van der Waals surface area contributed by atoms with E-state index in [0.29, 0.717) is 30.4 Å². The monoisotopic (exact) mass is 450 g/mol. The standard InChI is InChI=1S/C25H30N4O4/c1-15-8-7-9-19-20(14-29(22(15)19)24(31)33-25(4,5)6)21-12-26-23(16(2)27-21)32-18-10-11-28(13-18)17(3)30/h7-9,12,14,18H,10-11,13H2,1-6H3. The van der Waals surface area contributed by atoms with E-state index in [1.165, 1.54) is 0 Å². The number of para-hydroxylation sites is 1. The molecule has 1 fully saturated rings. The summed E-state index contributed by atoms with van der Waals surface area (Å²) in [5.74, 6) is 0.511. The summed E-state index contributed by atoms with van der Waals surface area (Å²) < 4.78 is 13.2. The summed E-state index contributed by atoms with van der Waals surface area (Å²) >= 11 is 0. The number of aromatic nitrogens is 3. The van der Waals surface area contributed by atoms with Crippen molar-refractivity contribution < 1.29 is 19.1 Å². The minimum absolute atomic E-state index is 0.0518. The predicted octanol–water partition coefficient (Wildman–Crippen LogP) is 4.50. The Morgan fingerprint density at radius 3 is 2.58 bits per heavy atom. The van der Waals surface area contributed by atoms with Gasteiger partial charge in [-0.1, -0.05) is 18.2 Å². The van der Waals surface area contributed by atoms with Crippen molar-refractivity contribution in [3.63, 3.8) is 0 Å². The van der Waals surface area contributed by atoms with Crippen molar-refractivity contribution in [1.82, 2.24) is 19.4 Å². The lowest BCUT2D eigenvalue weighted by molar-refractivity contribution is -0.128. The largest absolute Gasteiger partial charge is 0.471 e. The van der Waals surface area contributed by atoms with Crippen molar-refractivity contribution in [1.29, 1.82) is 0 Å². The molecule has 1 amide bonds. The number of nitrogens with zero attached hydrogens (tertiary/aromatic N) is 4. The van der Waals surface area contributed by atoms with Crippen LogP contribution in [0.15, 0.2) is 30.6 Å². The predicted molar refractivity (Wildman–Crippen MR) is 125 cm³/mol. The van der Waals surface area contributed by atoms with Crippen LogP contribution < -0.4 is 4.74 Å². The maximum absolute atomic E-state index is 12.9. The summed E-state index contributed by atoms with van der Waals surface area (Å²) in [4.78, 5) is 35.5. The van der Waals surface area contributed by atoms with E-state index in [4.69, 9.17) is 14.5 Å². The van der Waals surface area contributed by atoms with E-state index in [1.54, 1.807) is 28.8 Å². The lowest BCUT2D eigenvalue weighted by Gasteiger charge is -2.20. The van der Waals surface area contributed by atoms with E-state index >= 15 is 0 Å². The van der Waals surface area contributed by atoms with E-state index in [2.05, 4.69) is 4.98 Å². The Morgan fingerprint density at radius 1 is 1.18 bits per heavy atom. The van der Waals surface area contributed by atoms with Gasteiger partial charge in [0, 0.05) is 37.0 Å². The highest BCUT2D eigenvalue weighted by atomic mass is 16.6. The highest BCUT2D eigenvalue weighted by Crippen LogP contribution is 2.33. The molecule has 0 saturated carbocycles. The minimum Gasteiger partial charge on any atom is -0.471 e. The Hall–Kier alpha value is -3.42. The molecule has 1 saturated heterocycles. The molecule has 8 nitrogen and oxygen atoms in total. The van der Waals surface area contributed by atoms with Crippen LogP contribution in [0, 0.1) is 13.8 Å². The fraction of sp³-hybridized carbons (Fsp3) is 0.440. The first-order valence-electron chi connectivity index (χ1n) is 11.1. The second-order valence-electron chi connectivity index (χ2n) is 9.50. The van der Waals surface area contributed by atoms with Gasteiger partial charge in [0.1, 0.15) is 17.4 Å². The molecule has 174 valence electrons. The number of amides is 1. The zero-order chi connectivity index (χ0) is 23.9. The van der Waals surface area contributed by atoms with Crippen LogP contribution in [-0.2, 0) is 9.53 Å². The normalized spacial score (nSPS) is 16.3. The molecule has 4 rings (SSSR count). The number of aryl methyl sites for hydroxylation is 2. The first-order valence-corrected chi connectivity index (χ1v) is 11.1. The van der Waals surface area contributed by atoms with Gasteiger partial charge in [0.05, 0.1) is 24.0 Å². The number of benzene rings is 1. The van der Waals surface area contributed by atoms with Crippen molar-refractivity contribution in [2.75, 3.05) is 13.1 Å². The SMILES string of the molecule is CC(=O)N1CCC(Oc2ncc(-c3cn(C(=O)OC(C)(C)C)c4c(C)cccc34)nc2C)C1. The third kappa shape index (κ3) is 4.69. The molecule has 0 N–H and O–H groups in total. The van der Waals surface area contributed by atoms with E-state index < -0.39 is 11.7 Å². The van der Waals surface area contributed by atoms with Crippen LogP contribution in [0.1, 0.15) is 45.4 Å². The molecule has 1 aliphatic rings. The second-order valence-corrected chi connectivity index (χ2v) is 9.50. The number of hydrogen-bond donors (Lipinski definition) is 0. The highest BCUT2D eigenvalue weighted by molar-refractivity contribution is 6.01. The second kappa shape index (κ2) is 8.50. The average molecular weight is 451 g/mol. The molecule has 0 bridgehead atoms. The fourth-order valence-corrected chi connectivity index (χ4v) is 4.10. The van der Waals surface area contributed by atoms with Gasteiger partial charge in [-0.25, -0.2) is 14.8 Å². The van der Waals surface area contributed by atoms with Gasteiger partial charge in [0.2, 0.25) is 11.8 Å². The molecule has 0 spiro atoms. The van der Waals surface area contributed by atoms with Crippen LogP contribution in [-0.4, -0.2) is 56.2 Å². The maximum Gasteiger partial charge on any atom is 0.419 e. The molecule has 1 atom stereocenters. The summed E-state index contributed by atoms with van der Waals surface area (Å²) in [6, 6.07) is 5.89. The molecule has 33 heavy (non-hydrogen) atoms. The van der Waals surface area contributed by atoms with E-state index in [9.17, 15) is 9.59 Å². The first-order chi connectivity index (χ1) is 15.5. The Kier molecular flexibility index (Phi) is 5.86. The molecule has 0 aliphatic carbocycles.